The maximum Gasteiger partial charge on any atom is 0.0408 e. The molecule has 5 rings (SSSR count). The molecule has 0 saturated carbocycles. The van der Waals surface area contributed by atoms with Crippen LogP contribution in [-0.2, 0) is 6.42 Å². The minimum Gasteiger partial charge on any atom is -0.388 e. The minimum absolute atomic E-state index is 0.286. The first-order valence-corrected chi connectivity index (χ1v) is 12.3. The van der Waals surface area contributed by atoms with E-state index in [1.54, 1.807) is 0 Å². The van der Waals surface area contributed by atoms with E-state index in [9.17, 15) is 0 Å². The highest BCUT2D eigenvalue weighted by atomic mass is 15.2. The van der Waals surface area contributed by atoms with E-state index in [4.69, 9.17) is 0 Å². The summed E-state index contributed by atoms with van der Waals surface area (Å²) in [5.41, 5.74) is 10.8. The van der Waals surface area contributed by atoms with Crippen molar-refractivity contribution in [3.8, 4) is 0 Å². The van der Waals surface area contributed by atoms with E-state index < -0.39 is 0 Å². The molecule has 1 heterocycles. The van der Waals surface area contributed by atoms with E-state index in [0.29, 0.717) is 12.0 Å². The second-order valence-electron chi connectivity index (χ2n) is 9.67. The van der Waals surface area contributed by atoms with Crippen LogP contribution in [0.1, 0.15) is 45.2 Å². The SMILES string of the molecule is CNc1ccc([C@@H]2c3ccc(C)cc3N(C)[C@@H](Cc3ccccc3)[C@@H]2c2ccccc2)c(C)c1. The molecule has 172 valence electrons. The molecule has 0 saturated heterocycles. The molecular weight excluding hydrogens is 412 g/mol. The van der Waals surface area contributed by atoms with Crippen LogP contribution in [0.3, 0.4) is 0 Å². The molecule has 3 atom stereocenters. The van der Waals surface area contributed by atoms with Gasteiger partial charge in [0, 0.05) is 43.3 Å². The summed E-state index contributed by atoms with van der Waals surface area (Å²) in [6, 6.07) is 36.3. The fourth-order valence-corrected chi connectivity index (χ4v) is 5.81. The van der Waals surface area contributed by atoms with Crippen molar-refractivity contribution in [1.29, 1.82) is 0 Å². The molecule has 0 unspecified atom stereocenters. The Labute approximate surface area is 204 Å². The molecule has 4 aromatic carbocycles. The third kappa shape index (κ3) is 4.09. The molecule has 0 spiro atoms. The van der Waals surface area contributed by atoms with Gasteiger partial charge >= 0.3 is 0 Å². The van der Waals surface area contributed by atoms with Gasteiger partial charge in [0.05, 0.1) is 0 Å². The molecule has 1 aliphatic rings. The molecule has 1 aliphatic heterocycles. The predicted octanol–water partition coefficient (Wildman–Crippen LogP) is 7.32. The van der Waals surface area contributed by atoms with Crippen LogP contribution in [0, 0.1) is 13.8 Å². The highest BCUT2D eigenvalue weighted by Gasteiger charge is 2.41. The molecule has 0 radical (unpaired) electrons. The zero-order valence-electron chi connectivity index (χ0n) is 20.6. The topological polar surface area (TPSA) is 15.3 Å². The van der Waals surface area contributed by atoms with E-state index in [-0.39, 0.29) is 5.92 Å². The van der Waals surface area contributed by atoms with Gasteiger partial charge in [0.15, 0.2) is 0 Å². The van der Waals surface area contributed by atoms with Gasteiger partial charge in [0.25, 0.3) is 0 Å². The fourth-order valence-electron chi connectivity index (χ4n) is 5.81. The Morgan fingerprint density at radius 2 is 1.44 bits per heavy atom. The normalized spacial score (nSPS) is 19.5. The number of hydrogen-bond donors (Lipinski definition) is 1. The van der Waals surface area contributed by atoms with E-state index >= 15 is 0 Å². The summed E-state index contributed by atoms with van der Waals surface area (Å²) < 4.78 is 0. The van der Waals surface area contributed by atoms with Crippen molar-refractivity contribution in [1.82, 2.24) is 0 Å². The maximum absolute atomic E-state index is 3.31. The zero-order chi connectivity index (χ0) is 23.7. The van der Waals surface area contributed by atoms with Crippen LogP contribution in [0.15, 0.2) is 97.1 Å². The van der Waals surface area contributed by atoms with Crippen molar-refractivity contribution < 1.29 is 0 Å². The van der Waals surface area contributed by atoms with Crippen molar-refractivity contribution in [2.75, 3.05) is 24.3 Å². The highest BCUT2D eigenvalue weighted by Crippen LogP contribution is 2.51. The molecule has 0 amide bonds. The Morgan fingerprint density at radius 3 is 2.12 bits per heavy atom. The van der Waals surface area contributed by atoms with Crippen LogP contribution in [0.25, 0.3) is 0 Å². The number of nitrogens with one attached hydrogen (secondary N) is 1. The Hall–Kier alpha value is -3.52. The lowest BCUT2D eigenvalue weighted by atomic mass is 9.68. The summed E-state index contributed by atoms with van der Waals surface area (Å²) in [4.78, 5) is 2.54. The van der Waals surface area contributed by atoms with Gasteiger partial charge in [-0.3, -0.25) is 0 Å². The van der Waals surface area contributed by atoms with Crippen LogP contribution in [0.2, 0.25) is 0 Å². The summed E-state index contributed by atoms with van der Waals surface area (Å²) in [6.07, 6.45) is 1.01. The van der Waals surface area contributed by atoms with Gasteiger partial charge in [-0.15, -0.1) is 0 Å². The van der Waals surface area contributed by atoms with Gasteiger partial charge in [-0.2, -0.15) is 0 Å². The molecule has 0 aromatic heterocycles. The van der Waals surface area contributed by atoms with E-state index in [0.717, 1.165) is 12.1 Å². The number of anilines is 2. The predicted molar refractivity (Wildman–Crippen MR) is 145 cm³/mol. The molecular formula is C32H34N2. The van der Waals surface area contributed by atoms with Gasteiger partial charge in [-0.05, 0) is 71.8 Å². The number of likely N-dealkylation sites (N-methyl/N-ethyl adjacent to an activating group) is 1. The molecule has 1 N–H and O–H groups in total. The number of benzene rings is 4. The molecule has 2 nitrogen and oxygen atoms in total. The van der Waals surface area contributed by atoms with Crippen molar-refractivity contribution in [2.24, 2.45) is 0 Å². The van der Waals surface area contributed by atoms with Crippen LogP contribution < -0.4 is 10.2 Å². The first-order chi connectivity index (χ1) is 16.6. The molecule has 0 aliphatic carbocycles. The van der Waals surface area contributed by atoms with Gasteiger partial charge in [0.1, 0.15) is 0 Å². The fraction of sp³-hybridized carbons (Fsp3) is 0.250. The van der Waals surface area contributed by atoms with Gasteiger partial charge in [-0.1, -0.05) is 78.9 Å². The summed E-state index contributed by atoms with van der Waals surface area (Å²) >= 11 is 0. The minimum atomic E-state index is 0.286. The van der Waals surface area contributed by atoms with Gasteiger partial charge < -0.3 is 10.2 Å². The van der Waals surface area contributed by atoms with Crippen LogP contribution in [0.4, 0.5) is 11.4 Å². The first kappa shape index (κ1) is 22.3. The number of nitrogens with zero attached hydrogens (tertiary/aromatic N) is 1. The highest BCUT2D eigenvalue weighted by molar-refractivity contribution is 5.65. The molecule has 4 aromatic rings. The second-order valence-corrected chi connectivity index (χ2v) is 9.67. The maximum atomic E-state index is 3.31. The van der Waals surface area contributed by atoms with Crippen molar-refractivity contribution >= 4 is 11.4 Å². The van der Waals surface area contributed by atoms with Crippen LogP contribution in [-0.4, -0.2) is 20.1 Å². The van der Waals surface area contributed by atoms with Crippen molar-refractivity contribution in [3.63, 3.8) is 0 Å². The van der Waals surface area contributed by atoms with Crippen LogP contribution in [0.5, 0.6) is 0 Å². The lowest BCUT2D eigenvalue weighted by Crippen LogP contribution is -2.45. The smallest absolute Gasteiger partial charge is 0.0408 e. The van der Waals surface area contributed by atoms with Crippen LogP contribution >= 0.6 is 0 Å². The number of hydrogen-bond acceptors (Lipinski definition) is 2. The number of aryl methyl sites for hydroxylation is 2. The van der Waals surface area contributed by atoms with Gasteiger partial charge in [-0.25, -0.2) is 0 Å². The molecule has 2 heteroatoms. The average Bonchev–Trinajstić information content (AvgIpc) is 2.87. The summed E-state index contributed by atoms with van der Waals surface area (Å²) in [6.45, 7) is 4.46. The molecule has 0 bridgehead atoms. The molecule has 34 heavy (non-hydrogen) atoms. The standard InChI is InChI=1S/C32H34N2/c1-22-15-17-28-29(19-22)34(4)30(21-24-11-7-5-8-12-24)31(25-13-9-6-10-14-25)32(28)27-18-16-26(33-3)20-23(27)2/h5-20,30-33H,21H2,1-4H3/t30-,31-,32+/m0/s1. The van der Waals surface area contributed by atoms with Crippen molar-refractivity contribution in [3.05, 3.63) is 130 Å². The van der Waals surface area contributed by atoms with Gasteiger partial charge in [0.2, 0.25) is 0 Å². The first-order valence-electron chi connectivity index (χ1n) is 12.3. The summed E-state index contributed by atoms with van der Waals surface area (Å²) in [7, 11) is 4.28. The Balaban J connectivity index is 1.74. The number of fused-ring (bicyclic) bond motifs is 1. The summed E-state index contributed by atoms with van der Waals surface area (Å²) in [5, 5.41) is 3.31. The lowest BCUT2D eigenvalue weighted by Gasteiger charge is -2.47. The Kier molecular flexibility index (Phi) is 6.15. The van der Waals surface area contributed by atoms with Crippen molar-refractivity contribution in [2.45, 2.75) is 38.1 Å². The van der Waals surface area contributed by atoms with E-state index in [2.05, 4.69) is 128 Å². The quantitative estimate of drug-likeness (QED) is 0.345. The zero-order valence-corrected chi connectivity index (χ0v) is 20.6. The summed E-state index contributed by atoms with van der Waals surface area (Å²) in [5.74, 6) is 0.620. The largest absolute Gasteiger partial charge is 0.388 e. The Bertz CT molecular complexity index is 1260. The monoisotopic (exact) mass is 446 g/mol. The van der Waals surface area contributed by atoms with E-state index in [1.807, 2.05) is 7.05 Å². The third-order valence-corrected chi connectivity index (χ3v) is 7.54. The number of rotatable bonds is 5. The average molecular weight is 447 g/mol. The Morgan fingerprint density at radius 1 is 0.765 bits per heavy atom. The molecule has 0 fully saturated rings. The van der Waals surface area contributed by atoms with E-state index in [1.165, 1.54) is 39.1 Å². The second kappa shape index (κ2) is 9.38. The lowest BCUT2D eigenvalue weighted by molar-refractivity contribution is 0.442. The third-order valence-electron chi connectivity index (χ3n) is 7.54.